The Morgan fingerprint density at radius 2 is 2.22 bits per heavy atom. The largest absolute Gasteiger partial charge is 0.507 e. The van der Waals surface area contributed by atoms with E-state index in [2.05, 4.69) is 19.7 Å². The standard InChI is InChI=1S/C13H16N4O/c1-10-3-2-4-11(13(10)18)7-16-5-6-17-9-14-15-12(17)8-16/h2-4,9,18H,5-8H2,1H3. The van der Waals surface area contributed by atoms with Crippen LogP contribution < -0.4 is 0 Å². The summed E-state index contributed by atoms with van der Waals surface area (Å²) in [5.74, 6) is 1.40. The third kappa shape index (κ3) is 1.97. The molecule has 2 aromatic rings. The van der Waals surface area contributed by atoms with Gasteiger partial charge >= 0.3 is 0 Å². The minimum absolute atomic E-state index is 0.407. The van der Waals surface area contributed by atoms with E-state index in [0.717, 1.165) is 43.1 Å². The number of hydrogen-bond acceptors (Lipinski definition) is 4. The Kier molecular flexibility index (Phi) is 2.76. The normalized spacial score (nSPS) is 15.6. The van der Waals surface area contributed by atoms with Crippen molar-refractivity contribution in [1.29, 1.82) is 0 Å². The van der Waals surface area contributed by atoms with Crippen molar-refractivity contribution >= 4 is 0 Å². The van der Waals surface area contributed by atoms with E-state index in [4.69, 9.17) is 0 Å². The summed E-state index contributed by atoms with van der Waals surface area (Å²) < 4.78 is 2.08. The number of phenolic OH excluding ortho intramolecular Hbond substituents is 1. The van der Waals surface area contributed by atoms with Crippen LogP contribution in [0, 0.1) is 6.92 Å². The van der Waals surface area contributed by atoms with E-state index in [1.807, 2.05) is 25.1 Å². The first-order valence-corrected chi connectivity index (χ1v) is 6.10. The van der Waals surface area contributed by atoms with E-state index in [9.17, 15) is 5.11 Å². The first-order chi connectivity index (χ1) is 8.74. The maximum atomic E-state index is 10.0. The van der Waals surface area contributed by atoms with Gasteiger partial charge in [-0.2, -0.15) is 0 Å². The zero-order valence-electron chi connectivity index (χ0n) is 10.4. The van der Waals surface area contributed by atoms with Gasteiger partial charge < -0.3 is 9.67 Å². The lowest BCUT2D eigenvalue weighted by atomic mass is 10.1. The molecule has 1 aromatic carbocycles. The van der Waals surface area contributed by atoms with Crippen molar-refractivity contribution in [2.45, 2.75) is 26.6 Å². The van der Waals surface area contributed by atoms with Crippen LogP contribution in [0.5, 0.6) is 5.75 Å². The molecule has 0 unspecified atom stereocenters. The van der Waals surface area contributed by atoms with Gasteiger partial charge in [0.1, 0.15) is 17.9 Å². The van der Waals surface area contributed by atoms with Gasteiger partial charge in [-0.1, -0.05) is 18.2 Å². The molecule has 1 N–H and O–H groups in total. The molecule has 0 amide bonds. The monoisotopic (exact) mass is 244 g/mol. The van der Waals surface area contributed by atoms with Gasteiger partial charge in [-0.25, -0.2) is 0 Å². The molecule has 0 saturated heterocycles. The topological polar surface area (TPSA) is 54.2 Å². The Morgan fingerprint density at radius 3 is 3.11 bits per heavy atom. The molecule has 1 aliphatic rings. The van der Waals surface area contributed by atoms with Crippen molar-refractivity contribution in [2.75, 3.05) is 6.54 Å². The Labute approximate surface area is 106 Å². The van der Waals surface area contributed by atoms with Crippen LogP contribution in [0.1, 0.15) is 17.0 Å². The fraction of sp³-hybridized carbons (Fsp3) is 0.385. The third-order valence-corrected chi connectivity index (χ3v) is 3.43. The van der Waals surface area contributed by atoms with Gasteiger partial charge in [0.25, 0.3) is 0 Å². The zero-order chi connectivity index (χ0) is 12.5. The maximum Gasteiger partial charge on any atom is 0.147 e. The summed E-state index contributed by atoms with van der Waals surface area (Å²) in [5, 5.41) is 18.0. The summed E-state index contributed by atoms with van der Waals surface area (Å²) in [4.78, 5) is 2.28. The van der Waals surface area contributed by atoms with Gasteiger partial charge in [0.05, 0.1) is 6.54 Å². The van der Waals surface area contributed by atoms with Crippen LogP contribution in [0.4, 0.5) is 0 Å². The molecule has 0 aliphatic carbocycles. The number of para-hydroxylation sites is 1. The fourth-order valence-corrected chi connectivity index (χ4v) is 2.34. The molecule has 5 nitrogen and oxygen atoms in total. The molecule has 18 heavy (non-hydrogen) atoms. The van der Waals surface area contributed by atoms with Gasteiger partial charge in [-0.15, -0.1) is 10.2 Å². The first kappa shape index (κ1) is 11.2. The van der Waals surface area contributed by atoms with Crippen LogP contribution in [0.3, 0.4) is 0 Å². The summed E-state index contributed by atoms with van der Waals surface area (Å²) in [6.45, 7) is 5.33. The van der Waals surface area contributed by atoms with Crippen LogP contribution >= 0.6 is 0 Å². The van der Waals surface area contributed by atoms with Crippen LogP contribution in [0.15, 0.2) is 24.5 Å². The van der Waals surface area contributed by atoms with Crippen molar-refractivity contribution in [1.82, 2.24) is 19.7 Å². The number of phenols is 1. The molecule has 2 heterocycles. The predicted octanol–water partition coefficient (Wildman–Crippen LogP) is 1.31. The van der Waals surface area contributed by atoms with Crippen LogP contribution in [-0.2, 0) is 19.6 Å². The van der Waals surface area contributed by atoms with E-state index < -0.39 is 0 Å². The van der Waals surface area contributed by atoms with Crippen molar-refractivity contribution in [3.8, 4) is 5.75 Å². The minimum Gasteiger partial charge on any atom is -0.507 e. The van der Waals surface area contributed by atoms with Gasteiger partial charge in [-0.05, 0) is 12.5 Å². The van der Waals surface area contributed by atoms with Gasteiger partial charge in [0.2, 0.25) is 0 Å². The second-order valence-corrected chi connectivity index (χ2v) is 4.73. The van der Waals surface area contributed by atoms with Crippen molar-refractivity contribution < 1.29 is 5.11 Å². The van der Waals surface area contributed by atoms with Crippen LogP contribution in [0.2, 0.25) is 0 Å². The highest BCUT2D eigenvalue weighted by Gasteiger charge is 2.18. The van der Waals surface area contributed by atoms with E-state index in [1.165, 1.54) is 0 Å². The fourth-order valence-electron chi connectivity index (χ4n) is 2.34. The third-order valence-electron chi connectivity index (χ3n) is 3.43. The predicted molar refractivity (Wildman–Crippen MR) is 67.0 cm³/mol. The summed E-state index contributed by atoms with van der Waals surface area (Å²) in [6.07, 6.45) is 1.77. The Morgan fingerprint density at radius 1 is 1.33 bits per heavy atom. The maximum absolute atomic E-state index is 10.0. The highest BCUT2D eigenvalue weighted by molar-refractivity contribution is 5.39. The number of aryl methyl sites for hydroxylation is 1. The first-order valence-electron chi connectivity index (χ1n) is 6.10. The van der Waals surface area contributed by atoms with Crippen molar-refractivity contribution in [2.24, 2.45) is 0 Å². The van der Waals surface area contributed by atoms with E-state index in [-0.39, 0.29) is 0 Å². The van der Waals surface area contributed by atoms with Gasteiger partial charge in [0.15, 0.2) is 0 Å². The van der Waals surface area contributed by atoms with Crippen LogP contribution in [0.25, 0.3) is 0 Å². The Bertz CT molecular complexity index is 564. The van der Waals surface area contributed by atoms with E-state index >= 15 is 0 Å². The van der Waals surface area contributed by atoms with Gasteiger partial charge in [0, 0.05) is 25.2 Å². The number of fused-ring (bicyclic) bond motifs is 1. The number of aromatic nitrogens is 3. The van der Waals surface area contributed by atoms with Gasteiger partial charge in [-0.3, -0.25) is 4.90 Å². The summed E-state index contributed by atoms with van der Waals surface area (Å²) >= 11 is 0. The molecule has 0 fully saturated rings. The summed E-state index contributed by atoms with van der Waals surface area (Å²) in [6, 6.07) is 5.88. The molecule has 5 heteroatoms. The Hall–Kier alpha value is -1.88. The smallest absolute Gasteiger partial charge is 0.147 e. The molecule has 0 atom stereocenters. The van der Waals surface area contributed by atoms with Crippen molar-refractivity contribution in [3.63, 3.8) is 0 Å². The molecular weight excluding hydrogens is 228 g/mol. The lowest BCUT2D eigenvalue weighted by molar-refractivity contribution is 0.206. The quantitative estimate of drug-likeness (QED) is 0.865. The number of benzene rings is 1. The van der Waals surface area contributed by atoms with E-state index in [1.54, 1.807) is 6.33 Å². The summed E-state index contributed by atoms with van der Waals surface area (Å²) in [7, 11) is 0. The lowest BCUT2D eigenvalue weighted by Gasteiger charge is -2.27. The van der Waals surface area contributed by atoms with Crippen LogP contribution in [-0.4, -0.2) is 31.3 Å². The molecule has 1 aromatic heterocycles. The highest BCUT2D eigenvalue weighted by Crippen LogP contribution is 2.24. The second-order valence-electron chi connectivity index (χ2n) is 4.73. The number of hydrogen-bond donors (Lipinski definition) is 1. The molecule has 1 aliphatic heterocycles. The average Bonchev–Trinajstić information content (AvgIpc) is 2.82. The summed E-state index contributed by atoms with van der Waals surface area (Å²) in [5.41, 5.74) is 1.90. The Balaban J connectivity index is 1.77. The molecule has 3 rings (SSSR count). The molecular formula is C13H16N4O. The molecule has 0 spiro atoms. The number of nitrogens with zero attached hydrogens (tertiary/aromatic N) is 4. The SMILES string of the molecule is Cc1cccc(CN2CCn3cnnc3C2)c1O. The molecule has 0 saturated carbocycles. The zero-order valence-corrected chi connectivity index (χ0v) is 10.4. The molecule has 94 valence electrons. The molecule has 0 bridgehead atoms. The average molecular weight is 244 g/mol. The molecule has 0 radical (unpaired) electrons. The highest BCUT2D eigenvalue weighted by atomic mass is 16.3. The lowest BCUT2D eigenvalue weighted by Crippen LogP contribution is -2.33. The van der Waals surface area contributed by atoms with E-state index in [0.29, 0.717) is 5.75 Å². The van der Waals surface area contributed by atoms with Crippen molar-refractivity contribution in [3.05, 3.63) is 41.5 Å². The number of rotatable bonds is 2. The number of aromatic hydroxyl groups is 1. The minimum atomic E-state index is 0.407. The second kappa shape index (κ2) is 4.42.